The van der Waals surface area contributed by atoms with Gasteiger partial charge in [-0.1, -0.05) is 6.07 Å². The zero-order valence-corrected chi connectivity index (χ0v) is 12.3. The van der Waals surface area contributed by atoms with Crippen molar-refractivity contribution in [1.29, 1.82) is 0 Å². The number of amides is 1. The van der Waals surface area contributed by atoms with Gasteiger partial charge in [0.1, 0.15) is 5.82 Å². The Morgan fingerprint density at radius 3 is 2.73 bits per heavy atom. The zero-order chi connectivity index (χ0) is 15.5. The van der Waals surface area contributed by atoms with Gasteiger partial charge in [0.05, 0.1) is 12.2 Å². The number of carbonyl (C=O) groups is 1. The average Bonchev–Trinajstić information content (AvgIpc) is 2.96. The Morgan fingerprint density at radius 1 is 1.27 bits per heavy atom. The van der Waals surface area contributed by atoms with E-state index in [2.05, 4.69) is 20.4 Å². The SMILES string of the molecule is CC(=O)N1CCN(Cc2nnnn2-c2cccc(F)c2)CC1. The molecule has 1 amide bonds. The van der Waals surface area contributed by atoms with Crippen molar-refractivity contribution in [3.05, 3.63) is 35.9 Å². The lowest BCUT2D eigenvalue weighted by Gasteiger charge is -2.33. The van der Waals surface area contributed by atoms with Crippen molar-refractivity contribution in [1.82, 2.24) is 30.0 Å². The molecule has 0 N–H and O–H groups in total. The molecule has 0 bridgehead atoms. The molecule has 0 aliphatic carbocycles. The van der Waals surface area contributed by atoms with Gasteiger partial charge in [-0.15, -0.1) is 5.10 Å². The predicted molar refractivity (Wildman–Crippen MR) is 76.6 cm³/mol. The zero-order valence-electron chi connectivity index (χ0n) is 12.3. The predicted octanol–water partition coefficient (Wildman–Crippen LogP) is 0.465. The summed E-state index contributed by atoms with van der Waals surface area (Å²) in [5.74, 6) is 0.431. The number of tetrazole rings is 1. The van der Waals surface area contributed by atoms with Crippen LogP contribution in [0.4, 0.5) is 4.39 Å². The Labute approximate surface area is 127 Å². The monoisotopic (exact) mass is 304 g/mol. The normalized spacial score (nSPS) is 16.0. The number of hydrogen-bond donors (Lipinski definition) is 0. The van der Waals surface area contributed by atoms with E-state index in [1.54, 1.807) is 23.7 Å². The number of halogens is 1. The Kier molecular flexibility index (Phi) is 4.10. The van der Waals surface area contributed by atoms with E-state index in [9.17, 15) is 9.18 Å². The number of aromatic nitrogens is 4. The van der Waals surface area contributed by atoms with Gasteiger partial charge in [-0.3, -0.25) is 9.69 Å². The van der Waals surface area contributed by atoms with E-state index in [1.165, 1.54) is 12.1 Å². The van der Waals surface area contributed by atoms with Gasteiger partial charge in [0.15, 0.2) is 5.82 Å². The topological polar surface area (TPSA) is 67.2 Å². The third-order valence-electron chi connectivity index (χ3n) is 3.77. The van der Waals surface area contributed by atoms with Gasteiger partial charge in [-0.25, -0.2) is 4.39 Å². The summed E-state index contributed by atoms with van der Waals surface area (Å²) in [5, 5.41) is 11.6. The number of rotatable bonds is 3. The van der Waals surface area contributed by atoms with Crippen LogP contribution in [0.1, 0.15) is 12.7 Å². The van der Waals surface area contributed by atoms with E-state index >= 15 is 0 Å². The number of piperazine rings is 1. The van der Waals surface area contributed by atoms with Crippen LogP contribution in [0.5, 0.6) is 0 Å². The van der Waals surface area contributed by atoms with E-state index in [4.69, 9.17) is 0 Å². The highest BCUT2D eigenvalue weighted by molar-refractivity contribution is 5.73. The van der Waals surface area contributed by atoms with Gasteiger partial charge in [0.2, 0.25) is 5.91 Å². The van der Waals surface area contributed by atoms with Crippen LogP contribution < -0.4 is 0 Å². The lowest BCUT2D eigenvalue weighted by Crippen LogP contribution is -2.47. The minimum Gasteiger partial charge on any atom is -0.340 e. The van der Waals surface area contributed by atoms with Crippen molar-refractivity contribution in [2.45, 2.75) is 13.5 Å². The summed E-state index contributed by atoms with van der Waals surface area (Å²) < 4.78 is 14.9. The molecule has 1 fully saturated rings. The van der Waals surface area contributed by atoms with Gasteiger partial charge >= 0.3 is 0 Å². The maximum atomic E-state index is 13.3. The van der Waals surface area contributed by atoms with Crippen LogP contribution in [0.15, 0.2) is 24.3 Å². The van der Waals surface area contributed by atoms with Crippen molar-refractivity contribution in [3.8, 4) is 5.69 Å². The minimum atomic E-state index is -0.325. The van der Waals surface area contributed by atoms with Crippen LogP contribution in [-0.2, 0) is 11.3 Å². The fourth-order valence-corrected chi connectivity index (χ4v) is 2.53. The maximum absolute atomic E-state index is 13.3. The van der Waals surface area contributed by atoms with E-state index in [1.807, 2.05) is 4.90 Å². The van der Waals surface area contributed by atoms with Crippen LogP contribution in [0, 0.1) is 5.82 Å². The number of hydrogen-bond acceptors (Lipinski definition) is 5. The quantitative estimate of drug-likeness (QED) is 0.824. The second-order valence-corrected chi connectivity index (χ2v) is 5.27. The van der Waals surface area contributed by atoms with E-state index in [0.717, 1.165) is 13.1 Å². The van der Waals surface area contributed by atoms with Gasteiger partial charge in [0, 0.05) is 33.1 Å². The Hall–Kier alpha value is -2.35. The van der Waals surface area contributed by atoms with Gasteiger partial charge in [-0.2, -0.15) is 4.68 Å². The molecule has 7 nitrogen and oxygen atoms in total. The Morgan fingerprint density at radius 2 is 2.05 bits per heavy atom. The molecule has 0 atom stereocenters. The second kappa shape index (κ2) is 6.18. The van der Waals surface area contributed by atoms with Crippen LogP contribution >= 0.6 is 0 Å². The summed E-state index contributed by atoms with van der Waals surface area (Å²) >= 11 is 0. The Bertz CT molecular complexity index is 665. The van der Waals surface area contributed by atoms with Crippen LogP contribution in [0.3, 0.4) is 0 Å². The molecule has 0 saturated carbocycles. The molecule has 1 saturated heterocycles. The van der Waals surface area contributed by atoms with E-state index < -0.39 is 0 Å². The molecule has 8 heteroatoms. The lowest BCUT2D eigenvalue weighted by atomic mass is 10.3. The Balaban J connectivity index is 1.70. The summed E-state index contributed by atoms with van der Waals surface area (Å²) in [6.45, 7) is 5.11. The highest BCUT2D eigenvalue weighted by Gasteiger charge is 2.20. The molecular weight excluding hydrogens is 287 g/mol. The fraction of sp³-hybridized carbons (Fsp3) is 0.429. The van der Waals surface area contributed by atoms with Gasteiger partial charge in [0.25, 0.3) is 0 Å². The smallest absolute Gasteiger partial charge is 0.219 e. The number of carbonyl (C=O) groups excluding carboxylic acids is 1. The van der Waals surface area contributed by atoms with Crippen molar-refractivity contribution in [2.24, 2.45) is 0 Å². The average molecular weight is 304 g/mol. The van der Waals surface area contributed by atoms with Crippen LogP contribution in [0.2, 0.25) is 0 Å². The summed E-state index contributed by atoms with van der Waals surface area (Å²) in [7, 11) is 0. The van der Waals surface area contributed by atoms with Crippen molar-refractivity contribution >= 4 is 5.91 Å². The maximum Gasteiger partial charge on any atom is 0.219 e. The van der Waals surface area contributed by atoms with Gasteiger partial charge in [-0.05, 0) is 28.6 Å². The van der Waals surface area contributed by atoms with Crippen molar-refractivity contribution < 1.29 is 9.18 Å². The molecule has 0 radical (unpaired) electrons. The molecule has 1 aliphatic rings. The molecule has 2 heterocycles. The van der Waals surface area contributed by atoms with Crippen molar-refractivity contribution in [3.63, 3.8) is 0 Å². The first kappa shape index (κ1) is 14.6. The molecule has 0 unspecified atom stereocenters. The first-order valence-electron chi connectivity index (χ1n) is 7.14. The van der Waals surface area contributed by atoms with Crippen LogP contribution in [-0.4, -0.2) is 62.1 Å². The minimum absolute atomic E-state index is 0.101. The third-order valence-corrected chi connectivity index (χ3v) is 3.77. The molecule has 0 spiro atoms. The molecule has 116 valence electrons. The summed E-state index contributed by atoms with van der Waals surface area (Å²) in [6, 6.07) is 6.17. The summed E-state index contributed by atoms with van der Waals surface area (Å²) in [4.78, 5) is 15.3. The first-order valence-corrected chi connectivity index (χ1v) is 7.14. The third kappa shape index (κ3) is 3.11. The van der Waals surface area contributed by atoms with Crippen LogP contribution in [0.25, 0.3) is 5.69 Å². The molecule has 22 heavy (non-hydrogen) atoms. The molecule has 3 rings (SSSR count). The van der Waals surface area contributed by atoms with Crippen molar-refractivity contribution in [2.75, 3.05) is 26.2 Å². The first-order chi connectivity index (χ1) is 10.6. The number of nitrogens with zero attached hydrogens (tertiary/aromatic N) is 6. The number of benzene rings is 1. The lowest BCUT2D eigenvalue weighted by molar-refractivity contribution is -0.130. The second-order valence-electron chi connectivity index (χ2n) is 5.27. The van der Waals surface area contributed by atoms with E-state index in [-0.39, 0.29) is 11.7 Å². The standard InChI is InChI=1S/C14H17FN6O/c1-11(22)20-7-5-19(6-8-20)10-14-16-17-18-21(14)13-4-2-3-12(15)9-13/h2-4,9H,5-8,10H2,1H3. The fourth-order valence-electron chi connectivity index (χ4n) is 2.53. The summed E-state index contributed by atoms with van der Waals surface area (Å²) in [5.41, 5.74) is 0.599. The molecule has 1 aromatic carbocycles. The molecule has 1 aromatic heterocycles. The highest BCUT2D eigenvalue weighted by Crippen LogP contribution is 2.12. The van der Waals surface area contributed by atoms with E-state index in [0.29, 0.717) is 31.1 Å². The van der Waals surface area contributed by atoms with Gasteiger partial charge < -0.3 is 4.90 Å². The summed E-state index contributed by atoms with van der Waals surface area (Å²) in [6.07, 6.45) is 0. The molecule has 2 aromatic rings. The molecule has 1 aliphatic heterocycles. The molecular formula is C14H17FN6O. The highest BCUT2D eigenvalue weighted by atomic mass is 19.1. The largest absolute Gasteiger partial charge is 0.340 e.